The molecule has 1 fully saturated rings. The van der Waals surface area contributed by atoms with Gasteiger partial charge in [0.15, 0.2) is 0 Å². The average molecular weight is 544 g/mol. The van der Waals surface area contributed by atoms with Crippen LogP contribution in [0, 0.1) is 17.8 Å². The van der Waals surface area contributed by atoms with Crippen molar-refractivity contribution in [2.45, 2.75) is 119 Å². The Labute approximate surface area is 227 Å². The molecule has 11 heteroatoms. The van der Waals surface area contributed by atoms with Gasteiger partial charge in [0.05, 0.1) is 12.3 Å². The van der Waals surface area contributed by atoms with Gasteiger partial charge in [-0.1, -0.05) is 20.8 Å². The highest BCUT2D eigenvalue weighted by Crippen LogP contribution is 2.26. The van der Waals surface area contributed by atoms with Crippen LogP contribution in [0.25, 0.3) is 0 Å². The maximum Gasteiger partial charge on any atom is 0.306 e. The number of rotatable bonds is 6. The number of nitrogens with one attached hydrogen (secondary N) is 2. The lowest BCUT2D eigenvalue weighted by Crippen LogP contribution is -2.45. The van der Waals surface area contributed by atoms with Crippen LogP contribution >= 0.6 is 0 Å². The molecule has 0 aromatic rings. The second-order valence-electron chi connectivity index (χ2n) is 12.8. The van der Waals surface area contributed by atoms with Crippen LogP contribution in [0.3, 0.4) is 0 Å². The molecule has 0 aliphatic carbocycles. The Morgan fingerprint density at radius 3 is 1.55 bits per heavy atom. The summed E-state index contributed by atoms with van der Waals surface area (Å²) in [7, 11) is 0. The summed E-state index contributed by atoms with van der Waals surface area (Å²) in [6, 6.07) is 0. The van der Waals surface area contributed by atoms with Crippen molar-refractivity contribution in [3.05, 3.63) is 0 Å². The maximum atomic E-state index is 11.5. The third-order valence-electron chi connectivity index (χ3n) is 4.90. The van der Waals surface area contributed by atoms with Gasteiger partial charge >= 0.3 is 11.9 Å². The minimum Gasteiger partial charge on any atom is -0.481 e. The Morgan fingerprint density at radius 1 is 0.842 bits per heavy atom. The molecule has 1 saturated heterocycles. The third kappa shape index (κ3) is 16.7. The van der Waals surface area contributed by atoms with E-state index in [-0.39, 0.29) is 59.0 Å². The maximum absolute atomic E-state index is 11.5. The van der Waals surface area contributed by atoms with Crippen molar-refractivity contribution in [2.24, 2.45) is 17.8 Å². The lowest BCUT2D eigenvalue weighted by molar-refractivity contribution is -0.145. The first-order valence-electron chi connectivity index (χ1n) is 12.7. The Balaban J connectivity index is 0. The molecule has 0 radical (unpaired) electrons. The van der Waals surface area contributed by atoms with Crippen LogP contribution in [0.2, 0.25) is 0 Å². The van der Waals surface area contributed by atoms with Gasteiger partial charge in [0.2, 0.25) is 23.6 Å². The number of likely N-dealkylation sites (tertiary alicyclic amines) is 1. The minimum atomic E-state index is -0.948. The van der Waals surface area contributed by atoms with E-state index in [0.717, 1.165) is 0 Å². The first-order chi connectivity index (χ1) is 16.8. The third-order valence-corrected chi connectivity index (χ3v) is 4.90. The van der Waals surface area contributed by atoms with Crippen LogP contribution in [0.1, 0.15) is 102 Å². The van der Waals surface area contributed by atoms with Crippen LogP contribution in [0.15, 0.2) is 0 Å². The number of amides is 4. The highest BCUT2D eigenvalue weighted by molar-refractivity contribution is 6.04. The average Bonchev–Trinajstić information content (AvgIpc) is 2.90. The second kappa shape index (κ2) is 14.8. The van der Waals surface area contributed by atoms with Gasteiger partial charge in [0.25, 0.3) is 0 Å². The van der Waals surface area contributed by atoms with Gasteiger partial charge in [-0.05, 0) is 62.3 Å². The van der Waals surface area contributed by atoms with Crippen molar-refractivity contribution in [1.29, 1.82) is 0 Å². The standard InChI is InChI=1S/2C9H17NO3.C9H15NO2/c1-6(5-7(11)12)8(13)10-9(2,3)4;1-6(8(12)13)5-7(11)10-9(2,3)4;1-6-5-7(11)10(8(6)12)9(2,3)4/h6H,5H2,1-4H3,(H,10,13)(H,11,12);6H,5H2,1-4H3,(H,10,11)(H,12,13);6H,5H2,1-4H3. The molecule has 0 spiro atoms. The highest BCUT2D eigenvalue weighted by Gasteiger charge is 2.41. The molecule has 4 amide bonds. The van der Waals surface area contributed by atoms with E-state index in [1.54, 1.807) is 13.8 Å². The molecule has 220 valence electrons. The summed E-state index contributed by atoms with van der Waals surface area (Å²) in [6.45, 7) is 21.7. The van der Waals surface area contributed by atoms with Crippen LogP contribution in [-0.4, -0.2) is 67.3 Å². The zero-order valence-corrected chi connectivity index (χ0v) is 25.1. The molecule has 1 aliphatic heterocycles. The summed E-state index contributed by atoms with van der Waals surface area (Å²) >= 11 is 0. The Hall–Kier alpha value is -2.98. The Bertz CT molecular complexity index is 863. The van der Waals surface area contributed by atoms with Gasteiger partial charge in [-0.3, -0.25) is 33.7 Å². The zero-order chi connectivity index (χ0) is 30.8. The van der Waals surface area contributed by atoms with Gasteiger partial charge in [0, 0.05) is 41.3 Å². The first-order valence-corrected chi connectivity index (χ1v) is 12.7. The second-order valence-corrected chi connectivity index (χ2v) is 12.8. The quantitative estimate of drug-likeness (QED) is 0.370. The number of hydrogen-bond donors (Lipinski definition) is 4. The summed E-state index contributed by atoms with van der Waals surface area (Å²) in [5.74, 6) is -3.62. The Kier molecular flexibility index (Phi) is 14.5. The molecule has 3 atom stereocenters. The van der Waals surface area contributed by atoms with Gasteiger partial charge < -0.3 is 20.8 Å². The fraction of sp³-hybridized carbons (Fsp3) is 0.778. The van der Waals surface area contributed by atoms with Crippen molar-refractivity contribution in [3.8, 4) is 0 Å². The molecule has 0 bridgehead atoms. The molecule has 0 aromatic heterocycles. The number of imide groups is 1. The molecular weight excluding hydrogens is 494 g/mol. The lowest BCUT2D eigenvalue weighted by Gasteiger charge is -2.29. The summed E-state index contributed by atoms with van der Waals surface area (Å²) in [5, 5.41) is 22.4. The predicted octanol–water partition coefficient (Wildman–Crippen LogP) is 3.20. The normalized spacial score (nSPS) is 17.3. The summed E-state index contributed by atoms with van der Waals surface area (Å²) < 4.78 is 0. The lowest BCUT2D eigenvalue weighted by atomic mass is 10.0. The molecule has 4 N–H and O–H groups in total. The van der Waals surface area contributed by atoms with Gasteiger partial charge in [0.1, 0.15) is 0 Å². The van der Waals surface area contributed by atoms with E-state index in [9.17, 15) is 28.8 Å². The molecule has 1 rings (SSSR count). The zero-order valence-electron chi connectivity index (χ0n) is 25.1. The number of carbonyl (C=O) groups excluding carboxylic acids is 4. The Morgan fingerprint density at radius 2 is 1.29 bits per heavy atom. The minimum absolute atomic E-state index is 0.0343. The van der Waals surface area contributed by atoms with E-state index in [2.05, 4.69) is 10.6 Å². The van der Waals surface area contributed by atoms with E-state index >= 15 is 0 Å². The van der Waals surface area contributed by atoms with E-state index in [1.807, 2.05) is 62.3 Å². The molecule has 11 nitrogen and oxygen atoms in total. The summed E-state index contributed by atoms with van der Waals surface area (Å²) in [5.41, 5.74) is -0.960. The highest BCUT2D eigenvalue weighted by atomic mass is 16.4. The number of carboxylic acids is 2. The van der Waals surface area contributed by atoms with Gasteiger partial charge in [-0.25, -0.2) is 0 Å². The molecule has 1 aliphatic rings. The largest absolute Gasteiger partial charge is 0.481 e. The van der Waals surface area contributed by atoms with Crippen LogP contribution in [0.4, 0.5) is 0 Å². The first kappa shape index (κ1) is 37.2. The van der Waals surface area contributed by atoms with Crippen molar-refractivity contribution in [2.75, 3.05) is 0 Å². The smallest absolute Gasteiger partial charge is 0.306 e. The number of aliphatic carboxylic acids is 2. The van der Waals surface area contributed by atoms with Crippen molar-refractivity contribution in [1.82, 2.24) is 15.5 Å². The summed E-state index contributed by atoms with van der Waals surface area (Å²) in [6.07, 6.45) is 0.282. The number of nitrogens with zero attached hydrogens (tertiary/aromatic N) is 1. The van der Waals surface area contributed by atoms with Crippen LogP contribution in [0.5, 0.6) is 0 Å². The van der Waals surface area contributed by atoms with Crippen molar-refractivity contribution < 1.29 is 39.0 Å². The molecular formula is C27H49N3O8. The van der Waals surface area contributed by atoms with Crippen molar-refractivity contribution >= 4 is 35.6 Å². The predicted molar refractivity (Wildman–Crippen MR) is 144 cm³/mol. The van der Waals surface area contributed by atoms with E-state index in [4.69, 9.17) is 10.2 Å². The van der Waals surface area contributed by atoms with Crippen LogP contribution < -0.4 is 10.6 Å². The van der Waals surface area contributed by atoms with E-state index < -0.39 is 23.8 Å². The number of hydrogen-bond acceptors (Lipinski definition) is 6. The fourth-order valence-corrected chi connectivity index (χ4v) is 3.17. The topological polar surface area (TPSA) is 170 Å². The van der Waals surface area contributed by atoms with Gasteiger partial charge in [-0.15, -0.1) is 0 Å². The molecule has 0 saturated carbocycles. The summed E-state index contributed by atoms with van der Waals surface area (Å²) in [4.78, 5) is 67.4. The molecule has 0 aromatic carbocycles. The monoisotopic (exact) mass is 543 g/mol. The van der Waals surface area contributed by atoms with E-state index in [1.165, 1.54) is 11.8 Å². The van der Waals surface area contributed by atoms with Crippen LogP contribution in [-0.2, 0) is 28.8 Å². The number of carbonyl (C=O) groups is 6. The number of carboxylic acid groups (broad SMARTS) is 2. The molecule has 38 heavy (non-hydrogen) atoms. The fourth-order valence-electron chi connectivity index (χ4n) is 3.17. The van der Waals surface area contributed by atoms with Gasteiger partial charge in [-0.2, -0.15) is 0 Å². The molecule has 1 heterocycles. The van der Waals surface area contributed by atoms with Crippen molar-refractivity contribution in [3.63, 3.8) is 0 Å². The van der Waals surface area contributed by atoms with E-state index in [0.29, 0.717) is 6.42 Å². The molecule has 3 unspecified atom stereocenters. The SMILES string of the molecule is CC(CC(=O)NC(C)(C)C)C(=O)O.CC(CC(=O)O)C(=O)NC(C)(C)C.CC1CC(=O)N(C(C)(C)C)C1=O.